The second-order valence-electron chi connectivity index (χ2n) is 2.08. The van der Waals surface area contributed by atoms with Crippen LogP contribution in [0.3, 0.4) is 0 Å². The van der Waals surface area contributed by atoms with Crippen molar-refractivity contribution < 1.29 is 9.53 Å². The fourth-order valence-corrected chi connectivity index (χ4v) is 0.602. The number of hydrogen-bond donors (Lipinski definition) is 1. The lowest BCUT2D eigenvalue weighted by Gasteiger charge is -2.00. The van der Waals surface area contributed by atoms with Crippen LogP contribution in [0.5, 0.6) is 5.88 Å². The molecule has 1 heterocycles. The zero-order valence-corrected chi connectivity index (χ0v) is 6.65. The average Bonchev–Trinajstić information content (AvgIpc) is 2.04. The van der Waals surface area contributed by atoms with E-state index in [1.54, 1.807) is 6.92 Å². The van der Waals surface area contributed by atoms with Crippen LogP contribution in [0.1, 0.15) is 13.3 Å². The van der Waals surface area contributed by atoms with E-state index < -0.39 is 0 Å². The number of nitrogen functional groups attached to an aromatic ring is 1. The maximum absolute atomic E-state index is 10.8. The van der Waals surface area contributed by atoms with Gasteiger partial charge in [-0.2, -0.15) is 4.98 Å². The molecule has 0 saturated heterocycles. The second kappa shape index (κ2) is 3.66. The van der Waals surface area contributed by atoms with Crippen molar-refractivity contribution in [1.29, 1.82) is 0 Å². The molecule has 5 heteroatoms. The number of nitrogens with zero attached hydrogens (tertiary/aromatic N) is 2. The molecule has 0 fully saturated rings. The lowest BCUT2D eigenvalue weighted by Crippen LogP contribution is -2.07. The van der Waals surface area contributed by atoms with Crippen LogP contribution in [0.15, 0.2) is 12.3 Å². The highest BCUT2D eigenvalue weighted by molar-refractivity contribution is 5.71. The molecule has 1 rings (SSSR count). The van der Waals surface area contributed by atoms with Gasteiger partial charge < -0.3 is 10.5 Å². The Morgan fingerprint density at radius 1 is 1.75 bits per heavy atom. The highest BCUT2D eigenvalue weighted by Crippen LogP contribution is 2.06. The number of carbonyl (C=O) groups is 1. The third-order valence-corrected chi connectivity index (χ3v) is 1.16. The van der Waals surface area contributed by atoms with E-state index in [0.29, 0.717) is 6.42 Å². The number of anilines is 1. The lowest BCUT2D eigenvalue weighted by molar-refractivity contribution is -0.134. The monoisotopic (exact) mass is 167 g/mol. The summed E-state index contributed by atoms with van der Waals surface area (Å²) in [4.78, 5) is 18.1. The Bertz CT molecular complexity index is 288. The van der Waals surface area contributed by atoms with Crippen molar-refractivity contribution in [2.75, 3.05) is 5.73 Å². The van der Waals surface area contributed by atoms with E-state index in [1.807, 2.05) is 0 Å². The van der Waals surface area contributed by atoms with E-state index in [2.05, 4.69) is 9.97 Å². The van der Waals surface area contributed by atoms with E-state index in [0.717, 1.165) is 0 Å². The van der Waals surface area contributed by atoms with Gasteiger partial charge in [-0.3, -0.25) is 4.79 Å². The Morgan fingerprint density at radius 3 is 3.08 bits per heavy atom. The largest absolute Gasteiger partial charge is 0.407 e. The van der Waals surface area contributed by atoms with Crippen molar-refractivity contribution in [3.8, 4) is 5.88 Å². The van der Waals surface area contributed by atoms with Gasteiger partial charge in [0.15, 0.2) is 0 Å². The van der Waals surface area contributed by atoms with E-state index in [-0.39, 0.29) is 17.8 Å². The van der Waals surface area contributed by atoms with Crippen molar-refractivity contribution in [1.82, 2.24) is 9.97 Å². The first-order chi connectivity index (χ1) is 5.72. The topological polar surface area (TPSA) is 78.1 Å². The van der Waals surface area contributed by atoms with Gasteiger partial charge in [0.05, 0.1) is 0 Å². The Balaban J connectivity index is 2.69. The molecule has 64 valence electrons. The minimum atomic E-state index is -0.340. The molecule has 5 nitrogen and oxygen atoms in total. The van der Waals surface area contributed by atoms with Gasteiger partial charge in [-0.15, -0.1) is 0 Å². The predicted octanol–water partition coefficient (Wildman–Crippen LogP) is 0.374. The van der Waals surface area contributed by atoms with E-state index in [4.69, 9.17) is 10.5 Å². The minimum absolute atomic E-state index is 0.0939. The quantitative estimate of drug-likeness (QED) is 0.644. The molecule has 0 spiro atoms. The SMILES string of the molecule is CCC(=O)Oc1ccnc(N)n1. The first-order valence-corrected chi connectivity index (χ1v) is 3.51. The highest BCUT2D eigenvalue weighted by Gasteiger charge is 2.02. The standard InChI is InChI=1S/C7H9N3O2/c1-2-6(11)12-5-3-4-9-7(8)10-5/h3-4H,2H2,1H3,(H2,8,9,10). The van der Waals surface area contributed by atoms with Gasteiger partial charge in [-0.1, -0.05) is 6.92 Å². The second-order valence-corrected chi connectivity index (χ2v) is 2.08. The molecule has 0 aliphatic heterocycles. The number of rotatable bonds is 2. The summed E-state index contributed by atoms with van der Waals surface area (Å²) in [5.41, 5.74) is 5.26. The molecule has 12 heavy (non-hydrogen) atoms. The molecule has 0 atom stereocenters. The number of carbonyl (C=O) groups excluding carboxylic acids is 1. The molecular formula is C7H9N3O2. The lowest BCUT2D eigenvalue weighted by atomic mass is 10.5. The molecule has 2 N–H and O–H groups in total. The molecule has 0 radical (unpaired) electrons. The summed E-state index contributed by atoms with van der Waals surface area (Å²) in [7, 11) is 0. The third kappa shape index (κ3) is 2.19. The van der Waals surface area contributed by atoms with E-state index in [1.165, 1.54) is 12.3 Å². The van der Waals surface area contributed by atoms with E-state index >= 15 is 0 Å². The smallest absolute Gasteiger partial charge is 0.312 e. The van der Waals surface area contributed by atoms with Crippen LogP contribution in [-0.2, 0) is 4.79 Å². The number of esters is 1. The van der Waals surface area contributed by atoms with Crippen molar-refractivity contribution in [3.63, 3.8) is 0 Å². The van der Waals surface area contributed by atoms with Crippen LogP contribution in [0.2, 0.25) is 0 Å². The molecule has 0 aromatic carbocycles. The summed E-state index contributed by atoms with van der Waals surface area (Å²) in [6.45, 7) is 1.70. The average molecular weight is 167 g/mol. The van der Waals surface area contributed by atoms with Gasteiger partial charge in [-0.05, 0) is 0 Å². The van der Waals surface area contributed by atoms with Gasteiger partial charge in [0.25, 0.3) is 0 Å². The Kier molecular flexibility index (Phi) is 2.57. The number of ether oxygens (including phenoxy) is 1. The summed E-state index contributed by atoms with van der Waals surface area (Å²) < 4.78 is 4.77. The summed E-state index contributed by atoms with van der Waals surface area (Å²) in [6, 6.07) is 1.48. The predicted molar refractivity (Wildman–Crippen MR) is 42.4 cm³/mol. The van der Waals surface area contributed by atoms with Crippen molar-refractivity contribution in [2.24, 2.45) is 0 Å². The maximum atomic E-state index is 10.8. The van der Waals surface area contributed by atoms with Gasteiger partial charge in [-0.25, -0.2) is 4.98 Å². The number of hydrogen-bond acceptors (Lipinski definition) is 5. The fourth-order valence-electron chi connectivity index (χ4n) is 0.602. The van der Waals surface area contributed by atoms with Crippen LogP contribution < -0.4 is 10.5 Å². The van der Waals surface area contributed by atoms with Gasteiger partial charge in [0, 0.05) is 18.7 Å². The van der Waals surface area contributed by atoms with Crippen LogP contribution in [0.4, 0.5) is 5.95 Å². The first-order valence-electron chi connectivity index (χ1n) is 3.51. The summed E-state index contributed by atoms with van der Waals surface area (Å²) in [5, 5.41) is 0. The molecule has 0 aliphatic carbocycles. The third-order valence-electron chi connectivity index (χ3n) is 1.16. The van der Waals surface area contributed by atoms with Crippen molar-refractivity contribution in [3.05, 3.63) is 12.3 Å². The van der Waals surface area contributed by atoms with Crippen molar-refractivity contribution >= 4 is 11.9 Å². The first kappa shape index (κ1) is 8.45. The molecule has 0 amide bonds. The van der Waals surface area contributed by atoms with Crippen LogP contribution in [0.25, 0.3) is 0 Å². The van der Waals surface area contributed by atoms with Crippen LogP contribution in [-0.4, -0.2) is 15.9 Å². The molecule has 0 bridgehead atoms. The van der Waals surface area contributed by atoms with Gasteiger partial charge in [0.2, 0.25) is 11.8 Å². The maximum Gasteiger partial charge on any atom is 0.312 e. The number of aromatic nitrogens is 2. The molecular weight excluding hydrogens is 158 g/mol. The van der Waals surface area contributed by atoms with Crippen LogP contribution >= 0.6 is 0 Å². The number of nitrogens with two attached hydrogens (primary N) is 1. The molecule has 0 aliphatic rings. The Hall–Kier alpha value is -1.65. The molecule has 0 unspecified atom stereocenters. The highest BCUT2D eigenvalue weighted by atomic mass is 16.5. The summed E-state index contributed by atoms with van der Waals surface area (Å²) in [5.74, 6) is -0.0566. The van der Waals surface area contributed by atoms with Gasteiger partial charge in [0.1, 0.15) is 0 Å². The zero-order valence-electron chi connectivity index (χ0n) is 6.65. The van der Waals surface area contributed by atoms with Crippen molar-refractivity contribution in [2.45, 2.75) is 13.3 Å². The molecule has 1 aromatic heterocycles. The normalized spacial score (nSPS) is 9.42. The zero-order chi connectivity index (χ0) is 8.97. The Labute approximate surface area is 69.6 Å². The summed E-state index contributed by atoms with van der Waals surface area (Å²) in [6.07, 6.45) is 1.74. The fraction of sp³-hybridized carbons (Fsp3) is 0.286. The summed E-state index contributed by atoms with van der Waals surface area (Å²) >= 11 is 0. The van der Waals surface area contributed by atoms with Crippen LogP contribution in [0, 0.1) is 0 Å². The molecule has 1 aromatic rings. The molecule has 0 saturated carbocycles. The van der Waals surface area contributed by atoms with Gasteiger partial charge >= 0.3 is 5.97 Å². The minimum Gasteiger partial charge on any atom is -0.407 e. The van der Waals surface area contributed by atoms with E-state index in [9.17, 15) is 4.79 Å². The Morgan fingerprint density at radius 2 is 2.50 bits per heavy atom.